The molecule has 3 aromatic carbocycles. The van der Waals surface area contributed by atoms with E-state index in [-0.39, 0.29) is 17.3 Å². The highest BCUT2D eigenvalue weighted by molar-refractivity contribution is 6.36. The lowest BCUT2D eigenvalue weighted by molar-refractivity contribution is -0.137. The Balaban J connectivity index is 1.70. The average Bonchev–Trinajstić information content (AvgIpc) is 2.78. The molecule has 0 unspecified atom stereocenters. The molecule has 1 N–H and O–H groups in total. The molecule has 4 nitrogen and oxygen atoms in total. The number of halogens is 6. The molecule has 3 rings (SSSR count). The van der Waals surface area contributed by atoms with Crippen molar-refractivity contribution in [2.75, 3.05) is 12.4 Å². The van der Waals surface area contributed by atoms with Crippen LogP contribution in [0.1, 0.15) is 16.7 Å². The minimum atomic E-state index is -4.56. The van der Waals surface area contributed by atoms with E-state index in [1.165, 1.54) is 13.2 Å². The summed E-state index contributed by atoms with van der Waals surface area (Å²) in [5.41, 5.74) is 0.146. The van der Waals surface area contributed by atoms with Crippen LogP contribution in [0.3, 0.4) is 0 Å². The van der Waals surface area contributed by atoms with Crippen molar-refractivity contribution in [2.45, 2.75) is 12.8 Å². The van der Waals surface area contributed by atoms with Crippen molar-refractivity contribution in [3.8, 4) is 11.5 Å². The monoisotopic (exact) mass is 529 g/mol. The number of hydrogen-bond acceptors (Lipinski definition) is 3. The summed E-state index contributed by atoms with van der Waals surface area (Å²) in [4.78, 5) is 12.2. The summed E-state index contributed by atoms with van der Waals surface area (Å²) < 4.78 is 49.8. The summed E-state index contributed by atoms with van der Waals surface area (Å²) in [6.45, 7) is 0.115. The van der Waals surface area contributed by atoms with E-state index in [1.54, 1.807) is 36.4 Å². The molecule has 1 amide bonds. The maximum absolute atomic E-state index is 12.9. The topological polar surface area (TPSA) is 47.6 Å². The number of rotatable bonds is 7. The van der Waals surface area contributed by atoms with Crippen LogP contribution in [0.4, 0.5) is 18.9 Å². The fraction of sp³-hybridized carbons (Fsp3) is 0.125. The van der Waals surface area contributed by atoms with Gasteiger partial charge < -0.3 is 14.8 Å². The highest BCUT2D eigenvalue weighted by Gasteiger charge is 2.31. The molecule has 0 spiro atoms. The van der Waals surface area contributed by atoms with E-state index in [0.29, 0.717) is 32.7 Å². The standard InChI is InChI=1S/C24H17Cl3F3NO3/c1-33-22-11-14(5-9-21(22)34-13-16-17(25)3-2-4-18(16)26)6-10-23(32)31-20-12-15(24(28,29)30)7-8-19(20)27/h2-12H,13H2,1H3,(H,31,32). The van der Waals surface area contributed by atoms with Gasteiger partial charge >= 0.3 is 6.18 Å². The summed E-state index contributed by atoms with van der Waals surface area (Å²) in [6, 6.07) is 12.8. The minimum Gasteiger partial charge on any atom is -0.493 e. The lowest BCUT2D eigenvalue weighted by Crippen LogP contribution is -2.11. The zero-order valence-corrected chi connectivity index (χ0v) is 19.8. The van der Waals surface area contributed by atoms with Gasteiger partial charge in [-0.1, -0.05) is 46.9 Å². The Kier molecular flexibility index (Phi) is 8.36. The Labute approximate surface area is 208 Å². The van der Waals surface area contributed by atoms with Gasteiger partial charge in [0.1, 0.15) is 6.61 Å². The fourth-order valence-electron chi connectivity index (χ4n) is 2.87. The normalized spacial score (nSPS) is 11.5. The number of benzene rings is 3. The van der Waals surface area contributed by atoms with Gasteiger partial charge in [0.15, 0.2) is 11.5 Å². The largest absolute Gasteiger partial charge is 0.493 e. The zero-order valence-electron chi connectivity index (χ0n) is 17.6. The number of nitrogens with one attached hydrogen (secondary N) is 1. The second-order valence-corrected chi connectivity index (χ2v) is 8.14. The van der Waals surface area contributed by atoms with E-state index in [9.17, 15) is 18.0 Å². The van der Waals surface area contributed by atoms with Crippen LogP contribution in [0.15, 0.2) is 60.7 Å². The quantitative estimate of drug-likeness (QED) is 0.316. The van der Waals surface area contributed by atoms with Crippen molar-refractivity contribution in [3.63, 3.8) is 0 Å². The van der Waals surface area contributed by atoms with Gasteiger partial charge in [-0.25, -0.2) is 0 Å². The molecule has 0 bridgehead atoms. The molecule has 0 aromatic heterocycles. The lowest BCUT2D eigenvalue weighted by Gasteiger charge is -2.13. The van der Waals surface area contributed by atoms with E-state index in [0.717, 1.165) is 24.3 Å². The Morgan fingerprint density at radius 3 is 2.32 bits per heavy atom. The second kappa shape index (κ2) is 11.0. The maximum Gasteiger partial charge on any atom is 0.416 e. The van der Waals surface area contributed by atoms with E-state index in [1.807, 2.05) is 0 Å². The molecular weight excluding hydrogens is 514 g/mol. The van der Waals surface area contributed by atoms with E-state index < -0.39 is 17.6 Å². The molecule has 10 heteroatoms. The van der Waals surface area contributed by atoms with Gasteiger partial charge in [-0.15, -0.1) is 0 Å². The van der Waals surface area contributed by atoms with Crippen molar-refractivity contribution >= 4 is 52.5 Å². The third-order valence-electron chi connectivity index (χ3n) is 4.60. The zero-order chi connectivity index (χ0) is 24.9. The third-order valence-corrected chi connectivity index (χ3v) is 5.64. The first kappa shape index (κ1) is 25.7. The summed E-state index contributed by atoms with van der Waals surface area (Å²) in [5.74, 6) is 0.163. The van der Waals surface area contributed by atoms with E-state index in [2.05, 4.69) is 5.32 Å². The molecular formula is C24H17Cl3F3NO3. The number of carbonyl (C=O) groups excluding carboxylic acids is 1. The van der Waals surface area contributed by atoms with Gasteiger partial charge in [-0.2, -0.15) is 13.2 Å². The molecule has 0 aliphatic rings. The van der Waals surface area contributed by atoms with Crippen molar-refractivity contribution in [1.82, 2.24) is 0 Å². The fourth-order valence-corrected chi connectivity index (χ4v) is 3.54. The molecule has 3 aromatic rings. The number of methoxy groups -OCH3 is 1. The summed E-state index contributed by atoms with van der Waals surface area (Å²) in [6.07, 6.45) is -1.93. The number of hydrogen-bond donors (Lipinski definition) is 1. The molecule has 34 heavy (non-hydrogen) atoms. The van der Waals surface area contributed by atoms with E-state index >= 15 is 0 Å². The molecule has 0 atom stereocenters. The van der Waals surface area contributed by atoms with Gasteiger partial charge in [-0.3, -0.25) is 4.79 Å². The predicted octanol–water partition coefficient (Wildman–Crippen LogP) is 7.91. The van der Waals surface area contributed by atoms with Crippen LogP contribution >= 0.6 is 34.8 Å². The van der Waals surface area contributed by atoms with Crippen LogP contribution in [-0.2, 0) is 17.6 Å². The molecule has 0 heterocycles. The first-order chi connectivity index (χ1) is 16.1. The summed E-state index contributed by atoms with van der Waals surface area (Å²) in [5, 5.41) is 3.27. The van der Waals surface area contributed by atoms with Crippen molar-refractivity contribution in [3.05, 3.63) is 92.4 Å². The molecule has 0 saturated carbocycles. The molecule has 0 aliphatic heterocycles. The van der Waals surface area contributed by atoms with Crippen molar-refractivity contribution in [1.29, 1.82) is 0 Å². The van der Waals surface area contributed by atoms with E-state index in [4.69, 9.17) is 44.3 Å². The smallest absolute Gasteiger partial charge is 0.416 e. The van der Waals surface area contributed by atoms with Crippen LogP contribution in [0, 0.1) is 0 Å². The first-order valence-corrected chi connectivity index (χ1v) is 10.8. The number of ether oxygens (including phenoxy) is 2. The number of anilines is 1. The highest BCUT2D eigenvalue weighted by Crippen LogP contribution is 2.34. The minimum absolute atomic E-state index is 0.0171. The molecule has 0 fully saturated rings. The predicted molar refractivity (Wildman–Crippen MR) is 128 cm³/mol. The summed E-state index contributed by atoms with van der Waals surface area (Å²) >= 11 is 18.2. The second-order valence-electron chi connectivity index (χ2n) is 6.91. The number of amides is 1. The van der Waals surface area contributed by atoms with Crippen molar-refractivity contribution < 1.29 is 27.4 Å². The van der Waals surface area contributed by atoms with Crippen LogP contribution < -0.4 is 14.8 Å². The molecule has 178 valence electrons. The Morgan fingerprint density at radius 2 is 1.68 bits per heavy atom. The molecule has 0 saturated heterocycles. The Morgan fingerprint density at radius 1 is 0.971 bits per heavy atom. The Hall–Kier alpha value is -2.87. The van der Waals surface area contributed by atoms with Crippen LogP contribution in [-0.4, -0.2) is 13.0 Å². The van der Waals surface area contributed by atoms with Gasteiger partial charge in [0, 0.05) is 21.7 Å². The molecule has 0 radical (unpaired) electrons. The first-order valence-electron chi connectivity index (χ1n) is 9.68. The summed E-state index contributed by atoms with van der Waals surface area (Å²) in [7, 11) is 1.46. The number of alkyl halides is 3. The van der Waals surface area contributed by atoms with Gasteiger partial charge in [0.25, 0.3) is 0 Å². The van der Waals surface area contributed by atoms with Crippen LogP contribution in [0.5, 0.6) is 11.5 Å². The highest BCUT2D eigenvalue weighted by atomic mass is 35.5. The maximum atomic E-state index is 12.9. The average molecular weight is 531 g/mol. The molecule has 0 aliphatic carbocycles. The number of carbonyl (C=O) groups is 1. The lowest BCUT2D eigenvalue weighted by atomic mass is 10.1. The van der Waals surface area contributed by atoms with Crippen LogP contribution in [0.2, 0.25) is 15.1 Å². The SMILES string of the molecule is COc1cc(C=CC(=O)Nc2cc(C(F)(F)F)ccc2Cl)ccc1OCc1c(Cl)cccc1Cl. The van der Waals surface area contributed by atoms with Gasteiger partial charge in [0.2, 0.25) is 5.91 Å². The van der Waals surface area contributed by atoms with Gasteiger partial charge in [-0.05, 0) is 54.1 Å². The van der Waals surface area contributed by atoms with Crippen molar-refractivity contribution in [2.24, 2.45) is 0 Å². The van der Waals surface area contributed by atoms with Crippen LogP contribution in [0.25, 0.3) is 6.08 Å². The third kappa shape index (κ3) is 6.59. The van der Waals surface area contributed by atoms with Gasteiger partial charge in [0.05, 0.1) is 23.4 Å². The Bertz CT molecular complexity index is 1210.